The average Bonchev–Trinajstić information content (AvgIpc) is 3.04. The second kappa shape index (κ2) is 11.1. The molecule has 1 aliphatic heterocycles. The molecule has 0 spiro atoms. The molecule has 33 heavy (non-hydrogen) atoms. The Morgan fingerprint density at radius 1 is 1.21 bits per heavy atom. The number of aryl methyl sites for hydroxylation is 1. The number of nitrogens with zero attached hydrogens (tertiary/aromatic N) is 2. The first-order valence-electron chi connectivity index (χ1n) is 11.5. The zero-order valence-corrected chi connectivity index (χ0v) is 19.9. The molecule has 0 aliphatic carbocycles. The van der Waals surface area contributed by atoms with Crippen LogP contribution in [0.5, 0.6) is 5.75 Å². The summed E-state index contributed by atoms with van der Waals surface area (Å²) >= 11 is 0. The van der Waals surface area contributed by atoms with Gasteiger partial charge in [-0.2, -0.15) is 0 Å². The summed E-state index contributed by atoms with van der Waals surface area (Å²) in [6.07, 6.45) is 5.96. The normalized spacial score (nSPS) is 17.7. The molecule has 1 atom stereocenters. The van der Waals surface area contributed by atoms with E-state index in [4.69, 9.17) is 4.74 Å². The number of nitrogens with one attached hydrogen (secondary N) is 1. The van der Waals surface area contributed by atoms with Gasteiger partial charge in [-0.05, 0) is 48.2 Å². The van der Waals surface area contributed by atoms with E-state index in [1.54, 1.807) is 42.7 Å². The number of amides is 1. The van der Waals surface area contributed by atoms with Gasteiger partial charge in [-0.15, -0.1) is 0 Å². The lowest BCUT2D eigenvalue weighted by Crippen LogP contribution is -3.05. The summed E-state index contributed by atoms with van der Waals surface area (Å²) in [5.41, 5.74) is 1.77. The van der Waals surface area contributed by atoms with Gasteiger partial charge in [0.25, 0.3) is 5.91 Å². The summed E-state index contributed by atoms with van der Waals surface area (Å²) in [5.74, 6) is -1.08. The number of benzene rings is 1. The molecule has 0 saturated carbocycles. The number of hydrogen-bond acceptors (Lipinski definition) is 5. The first-order chi connectivity index (χ1) is 15.8. The van der Waals surface area contributed by atoms with Crippen molar-refractivity contribution in [2.45, 2.75) is 39.2 Å². The first-order valence-corrected chi connectivity index (χ1v) is 11.5. The van der Waals surface area contributed by atoms with Gasteiger partial charge in [0.2, 0.25) is 5.78 Å². The molecule has 1 unspecified atom stereocenters. The van der Waals surface area contributed by atoms with Crippen molar-refractivity contribution in [2.75, 3.05) is 33.8 Å². The second-order valence-corrected chi connectivity index (χ2v) is 8.75. The zero-order valence-electron chi connectivity index (χ0n) is 19.9. The Labute approximate surface area is 195 Å². The average molecular weight is 452 g/mol. The highest BCUT2D eigenvalue weighted by molar-refractivity contribution is 6.46. The van der Waals surface area contributed by atoms with Crippen LogP contribution in [0.4, 0.5) is 0 Å². The van der Waals surface area contributed by atoms with Crippen molar-refractivity contribution < 1.29 is 24.3 Å². The van der Waals surface area contributed by atoms with Crippen molar-refractivity contribution >= 4 is 17.4 Å². The van der Waals surface area contributed by atoms with E-state index in [0.29, 0.717) is 35.6 Å². The SMILES string of the molecule is CCCCOc1ccc(C([O-])=C2C(=O)C(=O)N(CCC[NH+](C)C)C2c2cccnc2)c(C)c1. The van der Waals surface area contributed by atoms with Crippen molar-refractivity contribution in [1.82, 2.24) is 9.88 Å². The fourth-order valence-corrected chi connectivity index (χ4v) is 4.05. The summed E-state index contributed by atoms with van der Waals surface area (Å²) in [6, 6.07) is 8.06. The van der Waals surface area contributed by atoms with E-state index in [-0.39, 0.29) is 5.57 Å². The minimum Gasteiger partial charge on any atom is -0.872 e. The molecule has 3 rings (SSSR count). The number of Topliss-reactive ketones (excluding diaryl/α,β-unsaturated/α-hetero) is 1. The van der Waals surface area contributed by atoms with Crippen LogP contribution in [0.3, 0.4) is 0 Å². The number of pyridine rings is 1. The summed E-state index contributed by atoms with van der Waals surface area (Å²) in [7, 11) is 4.07. The van der Waals surface area contributed by atoms with Crippen LogP contribution in [0.15, 0.2) is 48.3 Å². The minimum absolute atomic E-state index is 0.00653. The Kier molecular flexibility index (Phi) is 8.22. The number of rotatable bonds is 10. The van der Waals surface area contributed by atoms with Crippen LogP contribution >= 0.6 is 0 Å². The highest BCUT2D eigenvalue weighted by Gasteiger charge is 2.44. The maximum Gasteiger partial charge on any atom is 0.295 e. The van der Waals surface area contributed by atoms with Gasteiger partial charge in [0.1, 0.15) is 5.75 Å². The van der Waals surface area contributed by atoms with Crippen LogP contribution in [0.25, 0.3) is 5.76 Å². The summed E-state index contributed by atoms with van der Waals surface area (Å²) in [6.45, 7) is 5.77. The molecule has 1 amide bonds. The number of hydrogen-bond donors (Lipinski definition) is 1. The van der Waals surface area contributed by atoms with E-state index in [0.717, 1.165) is 25.8 Å². The van der Waals surface area contributed by atoms with Crippen molar-refractivity contribution in [3.05, 3.63) is 65.0 Å². The maximum absolute atomic E-state index is 13.6. The van der Waals surface area contributed by atoms with Crippen LogP contribution in [-0.2, 0) is 9.59 Å². The Hall–Kier alpha value is -3.19. The van der Waals surface area contributed by atoms with Gasteiger partial charge in [-0.25, -0.2) is 0 Å². The van der Waals surface area contributed by atoms with E-state index in [9.17, 15) is 14.7 Å². The van der Waals surface area contributed by atoms with Crippen molar-refractivity contribution in [3.63, 3.8) is 0 Å². The molecule has 1 aromatic heterocycles. The fourth-order valence-electron chi connectivity index (χ4n) is 4.05. The highest BCUT2D eigenvalue weighted by atomic mass is 16.5. The van der Waals surface area contributed by atoms with E-state index in [1.165, 1.54) is 9.80 Å². The molecule has 0 radical (unpaired) electrons. The van der Waals surface area contributed by atoms with Crippen LogP contribution < -0.4 is 14.7 Å². The van der Waals surface area contributed by atoms with Gasteiger partial charge >= 0.3 is 0 Å². The van der Waals surface area contributed by atoms with E-state index in [2.05, 4.69) is 11.9 Å². The zero-order chi connectivity index (χ0) is 24.0. The largest absolute Gasteiger partial charge is 0.872 e. The van der Waals surface area contributed by atoms with Gasteiger partial charge < -0.3 is 19.6 Å². The van der Waals surface area contributed by atoms with Crippen molar-refractivity contribution in [1.29, 1.82) is 0 Å². The number of quaternary nitrogens is 1. The molecule has 7 nitrogen and oxygen atoms in total. The van der Waals surface area contributed by atoms with Crippen molar-refractivity contribution in [2.24, 2.45) is 0 Å². The number of likely N-dealkylation sites (tertiary alicyclic amines) is 1. The standard InChI is InChI=1S/C26H33N3O4/c1-5-6-15-33-20-10-11-21(18(2)16-20)24(30)22-23(19-9-7-12-27-17-19)29(26(32)25(22)31)14-8-13-28(3)4/h7,9-12,16-17,23,30H,5-6,8,13-15H2,1-4H3. The van der Waals surface area contributed by atoms with Gasteiger partial charge in [0.15, 0.2) is 0 Å². The van der Waals surface area contributed by atoms with Gasteiger partial charge in [0, 0.05) is 30.9 Å². The lowest BCUT2D eigenvalue weighted by atomic mass is 9.94. The van der Waals surface area contributed by atoms with Crippen molar-refractivity contribution in [3.8, 4) is 5.75 Å². The molecule has 2 aromatic rings. The van der Waals surface area contributed by atoms with Gasteiger partial charge in [-0.3, -0.25) is 14.6 Å². The molecule has 1 aliphatic rings. The number of aromatic nitrogens is 1. The lowest BCUT2D eigenvalue weighted by Gasteiger charge is -2.28. The molecular formula is C26H33N3O4. The Morgan fingerprint density at radius 2 is 2.00 bits per heavy atom. The molecule has 1 fully saturated rings. The number of carbonyl (C=O) groups is 2. The Bertz CT molecular complexity index is 1020. The topological polar surface area (TPSA) is 87.0 Å². The quantitative estimate of drug-likeness (QED) is 0.255. The second-order valence-electron chi connectivity index (χ2n) is 8.75. The maximum atomic E-state index is 13.6. The highest BCUT2D eigenvalue weighted by Crippen LogP contribution is 2.39. The monoisotopic (exact) mass is 451 g/mol. The molecular weight excluding hydrogens is 418 g/mol. The number of ether oxygens (including phenoxy) is 1. The number of unbranched alkanes of at least 4 members (excludes halogenated alkanes) is 1. The Balaban J connectivity index is 2.00. The Morgan fingerprint density at radius 3 is 2.64 bits per heavy atom. The summed E-state index contributed by atoms with van der Waals surface area (Å²) in [4.78, 5) is 32.9. The molecule has 7 heteroatoms. The van der Waals surface area contributed by atoms with Crippen LogP contribution in [0.1, 0.15) is 48.9 Å². The molecule has 1 saturated heterocycles. The van der Waals surface area contributed by atoms with E-state index in [1.807, 2.05) is 21.0 Å². The number of ketones is 1. The first kappa shape index (κ1) is 24.5. The summed E-state index contributed by atoms with van der Waals surface area (Å²) in [5, 5.41) is 13.6. The predicted octanol–water partition coefficient (Wildman–Crippen LogP) is 1.33. The van der Waals surface area contributed by atoms with E-state index >= 15 is 0 Å². The minimum atomic E-state index is -0.733. The molecule has 2 heterocycles. The third-order valence-corrected chi connectivity index (χ3v) is 5.81. The molecule has 1 N–H and O–H groups in total. The molecule has 176 valence electrons. The fraction of sp³-hybridized carbons (Fsp3) is 0.423. The van der Waals surface area contributed by atoms with Gasteiger partial charge in [-0.1, -0.05) is 31.2 Å². The molecule has 0 bridgehead atoms. The van der Waals surface area contributed by atoms with Gasteiger partial charge in [0.05, 0.1) is 33.3 Å². The van der Waals surface area contributed by atoms with Crippen LogP contribution in [0, 0.1) is 6.92 Å². The predicted molar refractivity (Wildman–Crippen MR) is 124 cm³/mol. The molecule has 1 aromatic carbocycles. The van der Waals surface area contributed by atoms with Crippen LogP contribution in [-0.4, -0.2) is 55.4 Å². The third-order valence-electron chi connectivity index (χ3n) is 5.81. The van der Waals surface area contributed by atoms with Crippen LogP contribution in [0.2, 0.25) is 0 Å². The lowest BCUT2D eigenvalue weighted by molar-refractivity contribution is -0.858. The summed E-state index contributed by atoms with van der Waals surface area (Å²) < 4.78 is 5.74. The smallest absolute Gasteiger partial charge is 0.295 e. The number of carbonyl (C=O) groups excluding carboxylic acids is 2. The van der Waals surface area contributed by atoms with E-state index < -0.39 is 23.5 Å². The third kappa shape index (κ3) is 5.60.